The van der Waals surface area contributed by atoms with Gasteiger partial charge in [0.15, 0.2) is 0 Å². The molecule has 0 bridgehead atoms. The Bertz CT molecular complexity index is 4280. The first-order chi connectivity index (χ1) is 47.9. The van der Waals surface area contributed by atoms with Crippen LogP contribution in [0.15, 0.2) is 190 Å². The van der Waals surface area contributed by atoms with E-state index in [2.05, 4.69) is 19.7 Å². The molecule has 0 aliphatic heterocycles. The van der Waals surface area contributed by atoms with Crippen LogP contribution >= 0.6 is 0 Å². The molecule has 1 aromatic heterocycles. The van der Waals surface area contributed by atoms with Crippen LogP contribution in [0.3, 0.4) is 0 Å². The number of hydrogen-bond donors (Lipinski definition) is 0. The van der Waals surface area contributed by atoms with Crippen LogP contribution in [0.4, 0.5) is 0 Å². The molecule has 10 rings (SSSR count). The van der Waals surface area contributed by atoms with Crippen molar-refractivity contribution in [3.63, 3.8) is 0 Å². The standard InChI is InChI=1S/C79H78N2O17/c1-4-72(82)92-42-13-9-7-11-40-89-59-27-22-56(23-28-59)79(87)98-65-36-38-67-66-37-35-64(50-68(66)75-76(69(67)51-65)81-71-49-58(26-39-70(71)80-75)57-16-15-17-63(48-57)91-46-44-88-45-47-94-74(84)6-3)97-78(86)54-20-18-53(19-21-54)52-95-61-29-24-55(25-30-61)77(85)96-62-33-31-60(32-34-62)90-41-12-8-10-14-43-93-73(83)5-2/h4-6,15-23,26-28,31-39,48-51,55,61H,1-3,7-14,24-25,29-30,40-47,52H2. The molecule has 0 saturated heterocycles. The van der Waals surface area contributed by atoms with Crippen LogP contribution in [0.25, 0.3) is 54.7 Å². The zero-order chi connectivity index (χ0) is 68.4. The van der Waals surface area contributed by atoms with Crippen LogP contribution < -0.4 is 28.4 Å². The van der Waals surface area contributed by atoms with E-state index in [-0.39, 0.29) is 50.2 Å². The zero-order valence-corrected chi connectivity index (χ0v) is 54.6. The number of benzene rings is 8. The van der Waals surface area contributed by atoms with Gasteiger partial charge in [0, 0.05) is 29.0 Å². The maximum atomic E-state index is 13.9. The molecule has 1 aliphatic carbocycles. The minimum atomic E-state index is -0.565. The molecule has 19 heteroatoms. The normalized spacial score (nSPS) is 13.5. The van der Waals surface area contributed by atoms with Gasteiger partial charge in [0.1, 0.15) is 47.7 Å². The van der Waals surface area contributed by atoms with Gasteiger partial charge in [0.05, 0.1) is 91.5 Å². The molecule has 0 amide bonds. The number of aromatic nitrogens is 2. The largest absolute Gasteiger partial charge is 0.494 e. The third-order valence-electron chi connectivity index (χ3n) is 16.4. The van der Waals surface area contributed by atoms with E-state index in [4.69, 9.17) is 62.1 Å². The topological polar surface area (TPSA) is 230 Å². The average Bonchev–Trinajstić information content (AvgIpc) is 0.733. The Kier molecular flexibility index (Phi) is 25.6. The van der Waals surface area contributed by atoms with Crippen molar-refractivity contribution < 1.29 is 80.9 Å². The quantitative estimate of drug-likeness (QED) is 0.00676. The van der Waals surface area contributed by atoms with Crippen molar-refractivity contribution >= 4 is 79.4 Å². The van der Waals surface area contributed by atoms with Gasteiger partial charge in [-0.2, -0.15) is 0 Å². The summed E-state index contributed by atoms with van der Waals surface area (Å²) in [7, 11) is 0. The molecule has 1 fully saturated rings. The maximum Gasteiger partial charge on any atom is 0.343 e. The third-order valence-corrected chi connectivity index (χ3v) is 16.4. The van der Waals surface area contributed by atoms with E-state index in [1.54, 1.807) is 84.9 Å². The van der Waals surface area contributed by atoms with Crippen molar-refractivity contribution in [2.75, 3.05) is 52.9 Å². The number of ether oxygens (including phenoxy) is 11. The van der Waals surface area contributed by atoms with E-state index in [0.29, 0.717) is 131 Å². The zero-order valence-electron chi connectivity index (χ0n) is 54.6. The average molecular weight is 1330 g/mol. The predicted molar refractivity (Wildman–Crippen MR) is 371 cm³/mol. The van der Waals surface area contributed by atoms with Crippen LogP contribution in [-0.2, 0) is 49.5 Å². The fourth-order valence-corrected chi connectivity index (χ4v) is 11.2. The van der Waals surface area contributed by atoms with E-state index in [1.165, 1.54) is 0 Å². The first-order valence-corrected chi connectivity index (χ1v) is 33.0. The van der Waals surface area contributed by atoms with Crippen LogP contribution in [0.5, 0.6) is 34.5 Å². The van der Waals surface area contributed by atoms with E-state index in [0.717, 1.165) is 97.1 Å². The lowest BCUT2D eigenvalue weighted by atomic mass is 9.87. The Morgan fingerprint density at radius 3 is 1.45 bits per heavy atom. The summed E-state index contributed by atoms with van der Waals surface area (Å²) in [6, 6.07) is 45.2. The van der Waals surface area contributed by atoms with Gasteiger partial charge < -0.3 is 52.1 Å². The highest BCUT2D eigenvalue weighted by Gasteiger charge is 2.29. The molecule has 0 N–H and O–H groups in total. The highest BCUT2D eigenvalue weighted by Crippen LogP contribution is 2.39. The number of hydrogen-bond acceptors (Lipinski definition) is 19. The predicted octanol–water partition coefficient (Wildman–Crippen LogP) is 15.3. The van der Waals surface area contributed by atoms with Crippen molar-refractivity contribution in [2.24, 2.45) is 5.92 Å². The van der Waals surface area contributed by atoms with Crippen molar-refractivity contribution in [2.45, 2.75) is 89.8 Å². The number of nitrogens with zero attached hydrogens (tertiary/aromatic N) is 2. The number of fused-ring (bicyclic) bond motifs is 7. The highest BCUT2D eigenvalue weighted by molar-refractivity contribution is 6.24. The van der Waals surface area contributed by atoms with Crippen LogP contribution in [0, 0.1) is 5.92 Å². The molecule has 506 valence electrons. The Morgan fingerprint density at radius 1 is 0.398 bits per heavy atom. The summed E-state index contributed by atoms with van der Waals surface area (Å²) in [4.78, 5) is 85.0. The lowest BCUT2D eigenvalue weighted by Crippen LogP contribution is -2.28. The molecule has 0 unspecified atom stereocenters. The molecule has 9 aromatic rings. The molecule has 1 saturated carbocycles. The summed E-state index contributed by atoms with van der Waals surface area (Å²) in [6.45, 7) is 13.2. The van der Waals surface area contributed by atoms with Crippen LogP contribution in [0.1, 0.15) is 103 Å². The van der Waals surface area contributed by atoms with Gasteiger partial charge in [-0.05, 0) is 226 Å². The fourth-order valence-electron chi connectivity index (χ4n) is 11.2. The van der Waals surface area contributed by atoms with Crippen molar-refractivity contribution in [3.8, 4) is 45.6 Å². The van der Waals surface area contributed by atoms with Gasteiger partial charge in [-0.3, -0.25) is 4.79 Å². The van der Waals surface area contributed by atoms with Gasteiger partial charge in [0.25, 0.3) is 0 Å². The van der Waals surface area contributed by atoms with Crippen molar-refractivity contribution in [1.29, 1.82) is 0 Å². The number of rotatable bonds is 36. The van der Waals surface area contributed by atoms with Crippen molar-refractivity contribution in [3.05, 3.63) is 206 Å². The first-order valence-electron chi connectivity index (χ1n) is 33.0. The molecule has 1 heterocycles. The summed E-state index contributed by atoms with van der Waals surface area (Å²) in [6.07, 6.45) is 13.0. The SMILES string of the molecule is C=CC(=O)OCCCCCCOc1ccc(OC(=O)C2CCC(OCc3ccc(C(=O)Oc4ccc5c6ccc(OC(=O)c7ccc(OCCCCCCOC(=O)C=C)cc7)cc6c6nc7cc(-c8cccc(OCCOCCOC(=O)C=C)c8)ccc7nc6c5c4)cc3)CC2)cc1. The lowest BCUT2D eigenvalue weighted by molar-refractivity contribution is -0.141. The third kappa shape index (κ3) is 20.2. The second-order valence-corrected chi connectivity index (χ2v) is 23.3. The van der Waals surface area contributed by atoms with Gasteiger partial charge >= 0.3 is 35.8 Å². The molecule has 1 aliphatic rings. The highest BCUT2D eigenvalue weighted by atomic mass is 16.6. The first kappa shape index (κ1) is 70.1. The van der Waals surface area contributed by atoms with Gasteiger partial charge in [-0.25, -0.2) is 33.9 Å². The summed E-state index contributed by atoms with van der Waals surface area (Å²) in [5, 5.41) is 2.94. The molecular weight excluding hydrogens is 1250 g/mol. The summed E-state index contributed by atoms with van der Waals surface area (Å²) >= 11 is 0. The number of esters is 6. The van der Waals surface area contributed by atoms with E-state index >= 15 is 0 Å². The van der Waals surface area contributed by atoms with Crippen LogP contribution in [0.2, 0.25) is 0 Å². The molecule has 0 atom stereocenters. The maximum absolute atomic E-state index is 13.9. The molecule has 0 radical (unpaired) electrons. The Balaban J connectivity index is 0.773. The Morgan fingerprint density at radius 2 is 0.878 bits per heavy atom. The second-order valence-electron chi connectivity index (χ2n) is 23.3. The van der Waals surface area contributed by atoms with E-state index < -0.39 is 29.8 Å². The van der Waals surface area contributed by atoms with Gasteiger partial charge in [0.2, 0.25) is 0 Å². The Labute approximate surface area is 568 Å². The molecule has 0 spiro atoms. The molecule has 19 nitrogen and oxygen atoms in total. The molecule has 98 heavy (non-hydrogen) atoms. The molecule has 8 aromatic carbocycles. The number of unbranched alkanes of at least 4 members (excludes halogenated alkanes) is 6. The monoisotopic (exact) mass is 1330 g/mol. The summed E-state index contributed by atoms with van der Waals surface area (Å²) < 4.78 is 62.5. The van der Waals surface area contributed by atoms with E-state index in [9.17, 15) is 28.8 Å². The summed E-state index contributed by atoms with van der Waals surface area (Å²) in [5.41, 5.74) is 5.55. The fraction of sp³-hybridized carbons (Fsp3) is 0.291. The Hall–Kier alpha value is -10.8. The van der Waals surface area contributed by atoms with Crippen molar-refractivity contribution in [1.82, 2.24) is 9.97 Å². The van der Waals surface area contributed by atoms with E-state index in [1.807, 2.05) is 66.7 Å². The second kappa shape index (κ2) is 35.8. The van der Waals surface area contributed by atoms with Gasteiger partial charge in [-0.15, -0.1) is 0 Å². The van der Waals surface area contributed by atoms with Gasteiger partial charge in [-0.1, -0.05) is 50.1 Å². The molecular formula is C79H78N2O17. The lowest BCUT2D eigenvalue weighted by Gasteiger charge is -2.27. The van der Waals surface area contributed by atoms with Crippen LogP contribution in [-0.4, -0.2) is 105 Å². The summed E-state index contributed by atoms with van der Waals surface area (Å²) in [5.74, 6) is 0.0251. The minimum Gasteiger partial charge on any atom is -0.494 e. The number of carbonyl (C=O) groups excluding carboxylic acids is 6. The smallest absolute Gasteiger partial charge is 0.343 e. The number of carbonyl (C=O) groups is 6. The minimum absolute atomic E-state index is 0.0348.